The Labute approximate surface area is 182 Å². The predicted molar refractivity (Wildman–Crippen MR) is 119 cm³/mol. The first-order chi connectivity index (χ1) is 14.3. The van der Waals surface area contributed by atoms with Crippen LogP contribution in [0.15, 0.2) is 12.2 Å². The summed E-state index contributed by atoms with van der Waals surface area (Å²) in [6, 6.07) is 0. The largest absolute Gasteiger partial charge is 0.463 e. The van der Waals surface area contributed by atoms with E-state index in [0.29, 0.717) is 32.1 Å². The van der Waals surface area contributed by atoms with E-state index in [2.05, 4.69) is 13.0 Å². The summed E-state index contributed by atoms with van der Waals surface area (Å²) in [6.45, 7) is 5.83. The first-order valence-electron chi connectivity index (χ1n) is 11.9. The predicted octanol–water partition coefficient (Wildman–Crippen LogP) is 5.33. The summed E-state index contributed by atoms with van der Waals surface area (Å²) < 4.78 is 5.11. The van der Waals surface area contributed by atoms with Crippen molar-refractivity contribution < 1.29 is 24.2 Å². The number of unbranched alkanes of at least 4 members (excludes halogenated alkanes) is 5. The summed E-state index contributed by atoms with van der Waals surface area (Å²) in [7, 11) is 0. The molecule has 0 heterocycles. The Hall–Kier alpha value is -1.49. The van der Waals surface area contributed by atoms with Gasteiger partial charge in [-0.25, -0.2) is 0 Å². The van der Waals surface area contributed by atoms with Crippen LogP contribution in [-0.2, 0) is 19.1 Å². The van der Waals surface area contributed by atoms with Crippen LogP contribution in [-0.4, -0.2) is 34.9 Å². The van der Waals surface area contributed by atoms with Crippen LogP contribution in [0.5, 0.6) is 0 Å². The molecule has 0 aromatic rings. The monoisotopic (exact) mass is 422 g/mol. The van der Waals surface area contributed by atoms with Crippen molar-refractivity contribution in [2.75, 3.05) is 0 Å². The number of ketones is 2. The van der Waals surface area contributed by atoms with Crippen molar-refractivity contribution in [2.45, 2.75) is 116 Å². The van der Waals surface area contributed by atoms with Gasteiger partial charge in [-0.1, -0.05) is 38.3 Å². The fraction of sp³-hybridized carbons (Fsp3) is 0.800. The molecule has 5 nitrogen and oxygen atoms in total. The third kappa shape index (κ3) is 11.1. The van der Waals surface area contributed by atoms with Crippen molar-refractivity contribution >= 4 is 17.5 Å². The van der Waals surface area contributed by atoms with Crippen molar-refractivity contribution in [1.29, 1.82) is 0 Å². The van der Waals surface area contributed by atoms with Crippen molar-refractivity contribution in [3.05, 3.63) is 12.2 Å². The maximum atomic E-state index is 12.3. The van der Waals surface area contributed by atoms with Gasteiger partial charge in [0, 0.05) is 31.6 Å². The van der Waals surface area contributed by atoms with Crippen molar-refractivity contribution in [2.24, 2.45) is 11.8 Å². The summed E-state index contributed by atoms with van der Waals surface area (Å²) in [5, 5.41) is 10.3. The molecule has 0 aromatic carbocycles. The van der Waals surface area contributed by atoms with E-state index in [0.717, 1.165) is 44.9 Å². The van der Waals surface area contributed by atoms with Gasteiger partial charge in [-0.2, -0.15) is 0 Å². The molecule has 172 valence electrons. The molecule has 0 saturated heterocycles. The van der Waals surface area contributed by atoms with E-state index in [1.165, 1.54) is 0 Å². The Morgan fingerprint density at radius 1 is 1.07 bits per heavy atom. The van der Waals surface area contributed by atoms with Gasteiger partial charge in [0.25, 0.3) is 0 Å². The van der Waals surface area contributed by atoms with E-state index in [-0.39, 0.29) is 41.9 Å². The van der Waals surface area contributed by atoms with E-state index in [4.69, 9.17) is 4.74 Å². The number of rotatable bonds is 16. The number of allylic oxidation sites excluding steroid dienone is 2. The first-order valence-corrected chi connectivity index (χ1v) is 11.9. The molecular formula is C25H42O5. The van der Waals surface area contributed by atoms with Gasteiger partial charge in [0.05, 0.1) is 12.2 Å². The molecule has 3 unspecified atom stereocenters. The molecule has 1 rings (SSSR count). The van der Waals surface area contributed by atoms with Crippen LogP contribution < -0.4 is 0 Å². The number of carbonyl (C=O) groups excluding carboxylic acids is 3. The lowest BCUT2D eigenvalue weighted by molar-refractivity contribution is -0.147. The van der Waals surface area contributed by atoms with Crippen LogP contribution >= 0.6 is 0 Å². The van der Waals surface area contributed by atoms with Gasteiger partial charge in [-0.3, -0.25) is 14.4 Å². The third-order valence-electron chi connectivity index (χ3n) is 5.83. The molecule has 1 saturated carbocycles. The second kappa shape index (κ2) is 15.3. The third-order valence-corrected chi connectivity index (χ3v) is 5.83. The molecule has 5 heteroatoms. The number of ether oxygens (including phenoxy) is 1. The number of aliphatic hydroxyl groups excluding tert-OH is 1. The minimum absolute atomic E-state index is 0.0553. The summed E-state index contributed by atoms with van der Waals surface area (Å²) in [5.41, 5.74) is 0. The van der Waals surface area contributed by atoms with Crippen LogP contribution in [0.25, 0.3) is 0 Å². The summed E-state index contributed by atoms with van der Waals surface area (Å²) in [6.07, 6.45) is 13.4. The topological polar surface area (TPSA) is 80.7 Å². The summed E-state index contributed by atoms with van der Waals surface area (Å²) >= 11 is 0. The second-order valence-electron chi connectivity index (χ2n) is 8.89. The molecule has 1 aliphatic carbocycles. The number of hydrogen-bond donors (Lipinski definition) is 1. The van der Waals surface area contributed by atoms with Gasteiger partial charge < -0.3 is 9.84 Å². The maximum Gasteiger partial charge on any atom is 0.306 e. The second-order valence-corrected chi connectivity index (χ2v) is 8.89. The van der Waals surface area contributed by atoms with Crippen molar-refractivity contribution in [3.8, 4) is 0 Å². The average Bonchev–Trinajstić information content (AvgIpc) is 2.94. The Bertz CT molecular complexity index is 552. The number of carbonyl (C=O) groups is 3. The van der Waals surface area contributed by atoms with E-state index in [9.17, 15) is 19.5 Å². The van der Waals surface area contributed by atoms with Crippen LogP contribution in [0.3, 0.4) is 0 Å². The average molecular weight is 423 g/mol. The highest BCUT2D eigenvalue weighted by molar-refractivity contribution is 5.84. The van der Waals surface area contributed by atoms with E-state index in [1.54, 1.807) is 0 Å². The first kappa shape index (κ1) is 26.5. The summed E-state index contributed by atoms with van der Waals surface area (Å²) in [4.78, 5) is 35.8. The molecule has 0 radical (unpaired) electrons. The molecule has 0 aliphatic heterocycles. The highest BCUT2D eigenvalue weighted by atomic mass is 16.5. The lowest BCUT2D eigenvalue weighted by Gasteiger charge is -2.19. The zero-order chi connectivity index (χ0) is 22.4. The number of esters is 1. The zero-order valence-electron chi connectivity index (χ0n) is 19.2. The molecule has 30 heavy (non-hydrogen) atoms. The van der Waals surface area contributed by atoms with Gasteiger partial charge >= 0.3 is 5.97 Å². The van der Waals surface area contributed by atoms with Crippen molar-refractivity contribution in [1.82, 2.24) is 0 Å². The highest BCUT2D eigenvalue weighted by Gasteiger charge is 2.40. The Morgan fingerprint density at radius 3 is 2.50 bits per heavy atom. The van der Waals surface area contributed by atoms with Gasteiger partial charge in [-0.15, -0.1) is 0 Å². The quantitative estimate of drug-likeness (QED) is 0.206. The molecule has 0 spiro atoms. The van der Waals surface area contributed by atoms with Crippen LogP contribution in [0.1, 0.15) is 104 Å². The van der Waals surface area contributed by atoms with Crippen LogP contribution in [0.4, 0.5) is 0 Å². The molecule has 0 aromatic heterocycles. The van der Waals surface area contributed by atoms with E-state index in [1.807, 2.05) is 19.9 Å². The molecule has 0 bridgehead atoms. The SMILES string of the molecule is CCCCCC(=O)CCC1C(O)CC(=O)C1C/C=C/CCCCCC(=O)OC(C)C. The van der Waals surface area contributed by atoms with Crippen LogP contribution in [0.2, 0.25) is 0 Å². The van der Waals surface area contributed by atoms with Gasteiger partial charge in [0.2, 0.25) is 0 Å². The van der Waals surface area contributed by atoms with E-state index >= 15 is 0 Å². The number of aliphatic hydroxyl groups is 1. The van der Waals surface area contributed by atoms with Gasteiger partial charge in [0.1, 0.15) is 11.6 Å². The number of Topliss-reactive ketones (excluding diaryl/α,β-unsaturated/α-hetero) is 2. The molecule has 1 fully saturated rings. The lowest BCUT2D eigenvalue weighted by atomic mass is 9.86. The fourth-order valence-corrected chi connectivity index (χ4v) is 4.13. The summed E-state index contributed by atoms with van der Waals surface area (Å²) in [5.74, 6) is -0.00992. The normalized spacial score (nSPS) is 21.6. The molecule has 1 aliphatic rings. The Kier molecular flexibility index (Phi) is 13.6. The van der Waals surface area contributed by atoms with E-state index < -0.39 is 6.10 Å². The number of hydrogen-bond acceptors (Lipinski definition) is 5. The molecule has 3 atom stereocenters. The fourth-order valence-electron chi connectivity index (χ4n) is 4.13. The standard InChI is InChI=1S/C25H42O5/c1-4-5-10-13-20(26)16-17-22-21(23(27)18-24(22)28)14-11-8-6-7-9-12-15-25(29)30-19(2)3/h8,11,19,21-22,24,28H,4-7,9-10,12-18H2,1-3H3/b11-8+. The molecule has 1 N–H and O–H groups in total. The minimum atomic E-state index is -0.607. The lowest BCUT2D eigenvalue weighted by Crippen LogP contribution is -2.21. The zero-order valence-corrected chi connectivity index (χ0v) is 19.2. The minimum Gasteiger partial charge on any atom is -0.463 e. The van der Waals surface area contributed by atoms with Crippen molar-refractivity contribution in [3.63, 3.8) is 0 Å². The van der Waals surface area contributed by atoms with Gasteiger partial charge in [-0.05, 0) is 58.3 Å². The highest BCUT2D eigenvalue weighted by Crippen LogP contribution is 2.35. The smallest absolute Gasteiger partial charge is 0.306 e. The molecule has 0 amide bonds. The maximum absolute atomic E-state index is 12.3. The van der Waals surface area contributed by atoms with Crippen LogP contribution in [0, 0.1) is 11.8 Å². The Morgan fingerprint density at radius 2 is 1.80 bits per heavy atom. The molecular weight excluding hydrogens is 380 g/mol. The van der Waals surface area contributed by atoms with Gasteiger partial charge in [0.15, 0.2) is 0 Å². The Balaban J connectivity index is 2.26.